The Balaban J connectivity index is 0.000000348. The van der Waals surface area contributed by atoms with Gasteiger partial charge in [-0.25, -0.2) is 14.1 Å². The number of carbonyl (C=O) groups excluding carboxylic acids is 2. The minimum Gasteiger partial charge on any atom is -0.434 e. The summed E-state index contributed by atoms with van der Waals surface area (Å²) in [6, 6.07) is 13.5. The summed E-state index contributed by atoms with van der Waals surface area (Å²) in [5.74, 6) is 1.53. The highest BCUT2D eigenvalue weighted by molar-refractivity contribution is 5.98. The molecule has 2 aromatic carbocycles. The van der Waals surface area contributed by atoms with Gasteiger partial charge in [0.05, 0.1) is 34.3 Å². The number of amides is 2. The number of para-hydroxylation sites is 1. The number of halogens is 1. The third kappa shape index (κ3) is 12.9. The number of aromatic nitrogens is 4. The number of oxime groups is 1. The predicted molar refractivity (Wildman–Crippen MR) is 273 cm³/mol. The van der Waals surface area contributed by atoms with Gasteiger partial charge in [0.1, 0.15) is 24.3 Å². The molecule has 5 heterocycles. The molecule has 69 heavy (non-hydrogen) atoms. The molecule has 3 aromatic heterocycles. The molecular formula is C53H71FN10O5. The number of allylic oxidation sites excluding steroid dienone is 4. The van der Waals surface area contributed by atoms with Gasteiger partial charge in [0.15, 0.2) is 11.6 Å². The van der Waals surface area contributed by atoms with Gasteiger partial charge >= 0.3 is 0 Å². The standard InChI is InChI=1S/C38H40FN7O2.C7H12N2O2.C7H14O.CH5N/c1-21-18-28(19-22(2)24(21)4)46-35(37-42-25(5)36(48-37)29(30(39)14-16-40)13-12-23(3)41-7)34-26(6)45(17-15-32(34)44-46)38(47)33-20-27-10-8-9-11-31(27)43-33;1-5-3-6(5)7(8-4-10)9-11-2;1-7(2)5-3-4-6-8-7;1-2/h8-13,16,18-20,26,40-41,43H,3,14-15,17H2,1-2,4-7H3;4-6H,3H2,1-2H3,(H,8,9,10);3-6H2,1-2H3;2H2,1H3/b13-12-,30-29-,40-16?;;;/t26-;;;/m0.../s1. The second kappa shape index (κ2) is 24.1. The van der Waals surface area contributed by atoms with Crippen LogP contribution in [0.2, 0.25) is 0 Å². The van der Waals surface area contributed by atoms with Crippen LogP contribution in [-0.2, 0) is 20.8 Å². The predicted octanol–water partition coefficient (Wildman–Crippen LogP) is 9.90. The van der Waals surface area contributed by atoms with Crippen LogP contribution in [0, 0.1) is 44.9 Å². The Bertz CT molecular complexity index is 2640. The summed E-state index contributed by atoms with van der Waals surface area (Å²) < 4.78 is 29.3. The van der Waals surface area contributed by atoms with Gasteiger partial charge < -0.3 is 45.7 Å². The van der Waals surface area contributed by atoms with Gasteiger partial charge in [-0.05, 0) is 140 Å². The quantitative estimate of drug-likeness (QED) is 0.0265. The first kappa shape index (κ1) is 53.3. The molecule has 1 saturated carbocycles. The van der Waals surface area contributed by atoms with Crippen molar-refractivity contribution in [1.82, 2.24) is 35.3 Å². The van der Waals surface area contributed by atoms with Crippen molar-refractivity contribution < 1.29 is 28.0 Å². The lowest BCUT2D eigenvalue weighted by molar-refractivity contribution is -0.108. The number of hydrogen-bond donors (Lipinski definition) is 5. The maximum Gasteiger partial charge on any atom is 0.270 e. The van der Waals surface area contributed by atoms with E-state index in [1.165, 1.54) is 39.0 Å². The van der Waals surface area contributed by atoms with Crippen molar-refractivity contribution in [2.45, 2.75) is 106 Å². The number of nitrogens with two attached hydrogens (primary N) is 1. The van der Waals surface area contributed by atoms with Gasteiger partial charge in [-0.3, -0.25) is 9.59 Å². The fraction of sp³-hybridized carbons (Fsp3) is 0.434. The Hall–Kier alpha value is -6.65. The van der Waals surface area contributed by atoms with E-state index in [9.17, 15) is 9.59 Å². The van der Waals surface area contributed by atoms with E-state index < -0.39 is 5.83 Å². The highest BCUT2D eigenvalue weighted by Crippen LogP contribution is 2.42. The van der Waals surface area contributed by atoms with Crippen LogP contribution in [-0.4, -0.2) is 89.0 Å². The van der Waals surface area contributed by atoms with Crippen LogP contribution >= 0.6 is 0 Å². The monoisotopic (exact) mass is 947 g/mol. The number of nitrogens with one attached hydrogen (secondary N) is 4. The van der Waals surface area contributed by atoms with Crippen molar-refractivity contribution in [2.75, 3.05) is 34.4 Å². The van der Waals surface area contributed by atoms with Gasteiger partial charge in [0.2, 0.25) is 12.3 Å². The molecule has 1 aliphatic carbocycles. The number of carbonyl (C=O) groups is 2. The zero-order chi connectivity index (χ0) is 50.6. The molecule has 2 unspecified atom stereocenters. The fourth-order valence-corrected chi connectivity index (χ4v) is 8.46. The number of aryl methyl sites for hydroxylation is 3. The Morgan fingerprint density at radius 3 is 2.38 bits per heavy atom. The Morgan fingerprint density at radius 2 is 1.81 bits per heavy atom. The third-order valence-electron chi connectivity index (χ3n) is 12.8. The molecule has 2 aliphatic heterocycles. The SMILES string of the molecule is C=C(/C=C\C(=C(\F)CC=N)c1oc(-c2c3c(nn2-c2cc(C)c(C)c(C)c2)CCN(C(=O)c2cc4ccccc4[nH]2)[C@H]3C)nc1C)NC.CC1(C)CCCCO1.CN.CO/N=C(\NC=O)C1CC1C. The second-order valence-corrected chi connectivity index (χ2v) is 18.1. The van der Waals surface area contributed by atoms with Crippen LogP contribution in [0.3, 0.4) is 0 Å². The second-order valence-electron chi connectivity index (χ2n) is 18.1. The number of likely N-dealkylation sites (N-methyl/N-ethyl adjacent to an activating group) is 1. The Morgan fingerprint density at radius 1 is 1.12 bits per heavy atom. The molecule has 3 aliphatic rings. The number of ether oxygens (including phenoxy) is 1. The molecule has 0 bridgehead atoms. The largest absolute Gasteiger partial charge is 0.434 e. The molecule has 0 radical (unpaired) electrons. The van der Waals surface area contributed by atoms with Crippen LogP contribution in [0.4, 0.5) is 4.39 Å². The average molecular weight is 947 g/mol. The smallest absolute Gasteiger partial charge is 0.270 e. The van der Waals surface area contributed by atoms with Crippen LogP contribution < -0.4 is 16.4 Å². The first-order valence-electron chi connectivity index (χ1n) is 23.5. The first-order chi connectivity index (χ1) is 33.0. The highest BCUT2D eigenvalue weighted by atomic mass is 19.1. The zero-order valence-corrected chi connectivity index (χ0v) is 42.2. The van der Waals surface area contributed by atoms with Crippen LogP contribution in [0.1, 0.15) is 116 Å². The number of fused-ring (bicyclic) bond motifs is 2. The molecule has 6 N–H and O–H groups in total. The number of benzene rings is 2. The lowest BCUT2D eigenvalue weighted by Crippen LogP contribution is -2.39. The van der Waals surface area contributed by atoms with Crippen LogP contribution in [0.5, 0.6) is 0 Å². The average Bonchev–Trinajstić information content (AvgIpc) is 3.60. The lowest BCUT2D eigenvalue weighted by atomic mass is 9.96. The van der Waals surface area contributed by atoms with Crippen molar-refractivity contribution >= 4 is 40.8 Å². The van der Waals surface area contributed by atoms with Gasteiger partial charge in [-0.1, -0.05) is 36.9 Å². The molecule has 5 aromatic rings. The molecule has 8 rings (SSSR count). The van der Waals surface area contributed by atoms with E-state index in [0.717, 1.165) is 58.2 Å². The fourth-order valence-electron chi connectivity index (χ4n) is 8.46. The van der Waals surface area contributed by atoms with E-state index in [2.05, 4.69) is 91.6 Å². The van der Waals surface area contributed by atoms with E-state index in [4.69, 9.17) is 24.6 Å². The summed E-state index contributed by atoms with van der Waals surface area (Å²) in [4.78, 5) is 38.7. The molecule has 16 heteroatoms. The van der Waals surface area contributed by atoms with Gasteiger partial charge in [0.25, 0.3) is 5.91 Å². The van der Waals surface area contributed by atoms with Crippen LogP contribution in [0.15, 0.2) is 82.3 Å². The number of amidine groups is 1. The van der Waals surface area contributed by atoms with Crippen molar-refractivity contribution in [3.05, 3.63) is 118 Å². The highest BCUT2D eigenvalue weighted by Gasteiger charge is 2.38. The van der Waals surface area contributed by atoms with E-state index in [-0.39, 0.29) is 41.2 Å². The molecule has 3 atom stereocenters. The van der Waals surface area contributed by atoms with Crippen molar-refractivity contribution in [3.8, 4) is 17.3 Å². The molecule has 1 saturated heterocycles. The molecule has 370 valence electrons. The summed E-state index contributed by atoms with van der Waals surface area (Å²) in [5, 5.41) is 22.7. The van der Waals surface area contributed by atoms with Gasteiger partial charge in [-0.15, -0.1) is 0 Å². The maximum atomic E-state index is 15.5. The van der Waals surface area contributed by atoms with E-state index in [1.807, 2.05) is 46.8 Å². The normalized spacial score (nSPS) is 18.5. The van der Waals surface area contributed by atoms with E-state index in [0.29, 0.717) is 59.8 Å². The maximum absolute atomic E-state index is 15.5. The number of hydrogen-bond acceptors (Lipinski definition) is 11. The zero-order valence-electron chi connectivity index (χ0n) is 42.2. The Kier molecular flexibility index (Phi) is 18.6. The summed E-state index contributed by atoms with van der Waals surface area (Å²) in [7, 11) is 4.70. The van der Waals surface area contributed by atoms with E-state index in [1.54, 1.807) is 26.1 Å². The molecule has 2 fully saturated rings. The number of H-pyrrole nitrogens is 1. The molecule has 2 amide bonds. The third-order valence-corrected chi connectivity index (χ3v) is 12.8. The topological polar surface area (TPSA) is 202 Å². The van der Waals surface area contributed by atoms with E-state index >= 15 is 4.39 Å². The molecular weight excluding hydrogens is 876 g/mol. The van der Waals surface area contributed by atoms with Crippen molar-refractivity contribution in [2.24, 2.45) is 22.7 Å². The minimum absolute atomic E-state index is 0.108. The number of oxazole rings is 1. The first-order valence-corrected chi connectivity index (χ1v) is 23.5. The Labute approximate surface area is 406 Å². The lowest BCUT2D eigenvalue weighted by Gasteiger charge is -2.33. The van der Waals surface area contributed by atoms with Crippen LogP contribution in [0.25, 0.3) is 33.7 Å². The summed E-state index contributed by atoms with van der Waals surface area (Å²) in [6.45, 7) is 21.8. The minimum atomic E-state index is -0.528. The number of nitrogens with zero attached hydrogens (tertiary/aromatic N) is 5. The number of aromatic amines is 1. The summed E-state index contributed by atoms with van der Waals surface area (Å²) in [6.07, 6.45) is 10.1. The van der Waals surface area contributed by atoms with Gasteiger partial charge in [0, 0.05) is 67.3 Å². The van der Waals surface area contributed by atoms with Crippen molar-refractivity contribution in [1.29, 1.82) is 5.41 Å². The summed E-state index contributed by atoms with van der Waals surface area (Å²) >= 11 is 0. The van der Waals surface area contributed by atoms with Gasteiger partial charge in [-0.2, -0.15) is 5.10 Å². The number of rotatable bonds is 12. The molecule has 0 spiro atoms. The molecule has 15 nitrogen and oxygen atoms in total. The van der Waals surface area contributed by atoms with Crippen molar-refractivity contribution in [3.63, 3.8) is 0 Å². The summed E-state index contributed by atoms with van der Waals surface area (Å²) in [5.41, 5.74) is 13.9.